The van der Waals surface area contributed by atoms with E-state index in [1.54, 1.807) is 6.07 Å². The number of carbonyl (C=O) groups excluding carboxylic acids is 1. The first kappa shape index (κ1) is 13.5. The number of aromatic nitrogens is 2. The number of amides is 1. The third kappa shape index (κ3) is 3.78. The summed E-state index contributed by atoms with van der Waals surface area (Å²) in [7, 11) is 0. The van der Waals surface area contributed by atoms with Gasteiger partial charge in [-0.25, -0.2) is 8.78 Å². The van der Waals surface area contributed by atoms with Crippen molar-refractivity contribution in [2.45, 2.75) is 11.8 Å². The largest absolute Gasteiger partial charge is 0.308 e. The molecule has 0 unspecified atom stereocenters. The zero-order valence-electron chi connectivity index (χ0n) is 10.0. The molecule has 2 N–H and O–H groups in total. The SMILES string of the molecule is Cc1cc(NC(=O)CSc2ccc(F)cc2F)n[nH]1. The van der Waals surface area contributed by atoms with Crippen molar-refractivity contribution in [3.05, 3.63) is 41.6 Å². The van der Waals surface area contributed by atoms with Gasteiger partial charge in [0.15, 0.2) is 5.82 Å². The first-order chi connectivity index (χ1) is 9.04. The van der Waals surface area contributed by atoms with Crippen molar-refractivity contribution in [3.8, 4) is 0 Å². The van der Waals surface area contributed by atoms with E-state index in [1.165, 1.54) is 6.07 Å². The van der Waals surface area contributed by atoms with E-state index >= 15 is 0 Å². The van der Waals surface area contributed by atoms with Crippen LogP contribution in [0.5, 0.6) is 0 Å². The van der Waals surface area contributed by atoms with Crippen molar-refractivity contribution in [3.63, 3.8) is 0 Å². The van der Waals surface area contributed by atoms with E-state index in [0.717, 1.165) is 29.6 Å². The number of thioether (sulfide) groups is 1. The molecular weight excluding hydrogens is 272 g/mol. The highest BCUT2D eigenvalue weighted by molar-refractivity contribution is 8.00. The van der Waals surface area contributed by atoms with Gasteiger partial charge in [-0.2, -0.15) is 5.10 Å². The predicted octanol–water partition coefficient (Wildman–Crippen LogP) is 2.73. The first-order valence-corrected chi connectivity index (χ1v) is 6.43. The second-order valence-corrected chi connectivity index (χ2v) is 4.86. The van der Waals surface area contributed by atoms with E-state index in [0.29, 0.717) is 5.82 Å². The number of anilines is 1. The van der Waals surface area contributed by atoms with Gasteiger partial charge >= 0.3 is 0 Å². The van der Waals surface area contributed by atoms with Gasteiger partial charge in [0.25, 0.3) is 0 Å². The Labute approximate surface area is 112 Å². The molecule has 1 aromatic heterocycles. The molecule has 2 rings (SSSR count). The molecule has 1 amide bonds. The molecule has 0 aliphatic rings. The van der Waals surface area contributed by atoms with Crippen molar-refractivity contribution >= 4 is 23.5 Å². The van der Waals surface area contributed by atoms with Crippen molar-refractivity contribution in [1.29, 1.82) is 0 Å². The Morgan fingerprint density at radius 1 is 1.42 bits per heavy atom. The van der Waals surface area contributed by atoms with Crippen LogP contribution in [0.15, 0.2) is 29.2 Å². The van der Waals surface area contributed by atoms with Gasteiger partial charge in [-0.05, 0) is 19.1 Å². The maximum Gasteiger partial charge on any atom is 0.235 e. The molecule has 7 heteroatoms. The second kappa shape index (κ2) is 5.83. The van der Waals surface area contributed by atoms with Gasteiger partial charge in [0.2, 0.25) is 5.91 Å². The van der Waals surface area contributed by atoms with Gasteiger partial charge in [-0.15, -0.1) is 11.8 Å². The lowest BCUT2D eigenvalue weighted by atomic mass is 10.3. The minimum Gasteiger partial charge on any atom is -0.308 e. The van der Waals surface area contributed by atoms with Crippen LogP contribution in [-0.2, 0) is 4.79 Å². The average Bonchev–Trinajstić information content (AvgIpc) is 2.73. The Balaban J connectivity index is 1.89. The number of nitrogens with zero attached hydrogens (tertiary/aromatic N) is 1. The predicted molar refractivity (Wildman–Crippen MR) is 69.0 cm³/mol. The van der Waals surface area contributed by atoms with Crippen molar-refractivity contribution in [2.24, 2.45) is 0 Å². The number of carbonyl (C=O) groups is 1. The normalized spacial score (nSPS) is 10.5. The summed E-state index contributed by atoms with van der Waals surface area (Å²) < 4.78 is 26.0. The summed E-state index contributed by atoms with van der Waals surface area (Å²) in [6.07, 6.45) is 0. The summed E-state index contributed by atoms with van der Waals surface area (Å²) in [4.78, 5) is 11.8. The number of aryl methyl sites for hydroxylation is 1. The van der Waals surface area contributed by atoms with Gasteiger partial charge in [-0.1, -0.05) is 0 Å². The Kier molecular flexibility index (Phi) is 4.16. The van der Waals surface area contributed by atoms with E-state index in [-0.39, 0.29) is 16.6 Å². The summed E-state index contributed by atoms with van der Waals surface area (Å²) >= 11 is 0.998. The van der Waals surface area contributed by atoms with E-state index in [4.69, 9.17) is 0 Å². The Bertz CT molecular complexity index is 600. The zero-order valence-corrected chi connectivity index (χ0v) is 10.9. The first-order valence-electron chi connectivity index (χ1n) is 5.44. The molecule has 0 aliphatic carbocycles. The Morgan fingerprint density at radius 2 is 2.21 bits per heavy atom. The van der Waals surface area contributed by atoms with Crippen LogP contribution in [0.1, 0.15) is 5.69 Å². The standard InChI is InChI=1S/C12H11F2N3OS/c1-7-4-11(17-16-7)15-12(18)6-19-10-3-2-8(13)5-9(10)14/h2-5H,6H2,1H3,(H2,15,16,17,18). The average molecular weight is 283 g/mol. The molecule has 0 radical (unpaired) electrons. The minimum atomic E-state index is -0.673. The van der Waals surface area contributed by atoms with Crippen LogP contribution >= 0.6 is 11.8 Å². The number of aromatic amines is 1. The Hall–Kier alpha value is -1.89. The van der Waals surface area contributed by atoms with E-state index < -0.39 is 11.6 Å². The zero-order chi connectivity index (χ0) is 13.8. The fourth-order valence-electron chi connectivity index (χ4n) is 1.40. The second-order valence-electron chi connectivity index (χ2n) is 3.85. The number of hydrogen-bond acceptors (Lipinski definition) is 3. The van der Waals surface area contributed by atoms with Crippen LogP contribution < -0.4 is 5.32 Å². The lowest BCUT2D eigenvalue weighted by molar-refractivity contribution is -0.113. The monoisotopic (exact) mass is 283 g/mol. The maximum absolute atomic E-state index is 13.3. The van der Waals surface area contributed by atoms with Gasteiger partial charge in [-0.3, -0.25) is 9.89 Å². The molecule has 1 aromatic carbocycles. The summed E-state index contributed by atoms with van der Waals surface area (Å²) in [5.74, 6) is -1.18. The molecule has 2 aromatic rings. The number of halogens is 2. The van der Waals surface area contributed by atoms with Crippen molar-refractivity contribution in [2.75, 3.05) is 11.1 Å². The lowest BCUT2D eigenvalue weighted by Crippen LogP contribution is -2.14. The van der Waals surface area contributed by atoms with Gasteiger partial charge < -0.3 is 5.32 Å². The van der Waals surface area contributed by atoms with Gasteiger partial charge in [0, 0.05) is 22.7 Å². The molecule has 19 heavy (non-hydrogen) atoms. The summed E-state index contributed by atoms with van der Waals surface area (Å²) in [5, 5.41) is 9.11. The van der Waals surface area contributed by atoms with Crippen LogP contribution in [0.3, 0.4) is 0 Å². The van der Waals surface area contributed by atoms with Crippen molar-refractivity contribution in [1.82, 2.24) is 10.2 Å². The summed E-state index contributed by atoms with van der Waals surface area (Å²) in [6, 6.07) is 4.93. The third-order valence-corrected chi connectivity index (χ3v) is 3.27. The van der Waals surface area contributed by atoms with Crippen molar-refractivity contribution < 1.29 is 13.6 Å². The van der Waals surface area contributed by atoms with Crippen LogP contribution in [0.2, 0.25) is 0 Å². The van der Waals surface area contributed by atoms with E-state index in [2.05, 4.69) is 15.5 Å². The molecule has 0 saturated carbocycles. The number of hydrogen-bond donors (Lipinski definition) is 2. The van der Waals surface area contributed by atoms with Gasteiger partial charge in [0.1, 0.15) is 11.6 Å². The highest BCUT2D eigenvalue weighted by atomic mass is 32.2. The molecule has 1 heterocycles. The highest BCUT2D eigenvalue weighted by Gasteiger charge is 2.09. The van der Waals surface area contributed by atoms with E-state index in [1.807, 2.05) is 6.92 Å². The summed E-state index contributed by atoms with van der Waals surface area (Å²) in [6.45, 7) is 1.81. The van der Waals surface area contributed by atoms with Crippen LogP contribution in [0, 0.1) is 18.6 Å². The number of H-pyrrole nitrogens is 1. The Morgan fingerprint density at radius 3 is 2.84 bits per heavy atom. The van der Waals surface area contributed by atoms with Crippen LogP contribution in [0.4, 0.5) is 14.6 Å². The minimum absolute atomic E-state index is 0.0223. The fraction of sp³-hybridized carbons (Fsp3) is 0.167. The topological polar surface area (TPSA) is 57.8 Å². The molecule has 100 valence electrons. The highest BCUT2D eigenvalue weighted by Crippen LogP contribution is 2.22. The number of rotatable bonds is 4. The van der Waals surface area contributed by atoms with Crippen LogP contribution in [0.25, 0.3) is 0 Å². The number of benzene rings is 1. The molecule has 0 atom stereocenters. The molecule has 4 nitrogen and oxygen atoms in total. The molecule has 0 bridgehead atoms. The summed E-state index contributed by atoms with van der Waals surface area (Å²) in [5.41, 5.74) is 0.826. The van der Waals surface area contributed by atoms with Crippen LogP contribution in [-0.4, -0.2) is 21.9 Å². The molecule has 0 fully saturated rings. The molecule has 0 saturated heterocycles. The smallest absolute Gasteiger partial charge is 0.235 e. The molecule has 0 spiro atoms. The fourth-order valence-corrected chi connectivity index (χ4v) is 2.12. The third-order valence-electron chi connectivity index (χ3n) is 2.23. The van der Waals surface area contributed by atoms with Gasteiger partial charge in [0.05, 0.1) is 5.75 Å². The van der Waals surface area contributed by atoms with E-state index in [9.17, 15) is 13.6 Å². The number of nitrogens with one attached hydrogen (secondary N) is 2. The maximum atomic E-state index is 13.3. The quantitative estimate of drug-likeness (QED) is 0.848. The molecule has 0 aliphatic heterocycles. The molecular formula is C12H11F2N3OS. The lowest BCUT2D eigenvalue weighted by Gasteiger charge is -2.03.